The fourth-order valence-corrected chi connectivity index (χ4v) is 1.93. The van der Waals surface area contributed by atoms with Gasteiger partial charge in [0.2, 0.25) is 0 Å². The van der Waals surface area contributed by atoms with Gasteiger partial charge in [-0.1, -0.05) is 12.1 Å². The van der Waals surface area contributed by atoms with Gasteiger partial charge in [-0.05, 0) is 48.4 Å². The lowest BCUT2D eigenvalue weighted by molar-refractivity contribution is 0.0601. The minimum Gasteiger partial charge on any atom is -0.497 e. The first kappa shape index (κ1) is 14.8. The molecule has 2 rings (SSSR count). The molecule has 4 heteroatoms. The molecule has 0 N–H and O–H groups in total. The second-order valence-corrected chi connectivity index (χ2v) is 4.49. The van der Waals surface area contributed by atoms with Crippen LogP contribution in [0.2, 0.25) is 0 Å². The van der Waals surface area contributed by atoms with Gasteiger partial charge in [0.25, 0.3) is 0 Å². The number of aryl methyl sites for hydroxylation is 1. The number of carbonyl (C=O) groups is 1. The van der Waals surface area contributed by atoms with Gasteiger partial charge in [-0.2, -0.15) is 0 Å². The van der Waals surface area contributed by atoms with Crippen molar-refractivity contribution in [2.75, 3.05) is 14.2 Å². The highest BCUT2D eigenvalue weighted by Crippen LogP contribution is 2.24. The SMILES string of the molecule is COC(=O)c1cccc(C)c1N=Cc1ccc(OC)cc1. The molecule has 0 saturated heterocycles. The predicted octanol–water partition coefficient (Wildman–Crippen LogP) is 3.54. The smallest absolute Gasteiger partial charge is 0.340 e. The molecule has 0 aromatic heterocycles. The Hall–Kier alpha value is -2.62. The maximum absolute atomic E-state index is 11.8. The van der Waals surface area contributed by atoms with Crippen LogP contribution in [0.5, 0.6) is 5.75 Å². The number of hydrogen-bond donors (Lipinski definition) is 0. The number of ether oxygens (including phenoxy) is 2. The molecule has 0 radical (unpaired) electrons. The molecular weight excluding hydrogens is 266 g/mol. The van der Waals surface area contributed by atoms with E-state index in [9.17, 15) is 4.79 Å². The van der Waals surface area contributed by atoms with Crippen LogP contribution in [-0.2, 0) is 4.74 Å². The van der Waals surface area contributed by atoms with E-state index in [1.54, 1.807) is 19.4 Å². The highest BCUT2D eigenvalue weighted by molar-refractivity contribution is 5.97. The standard InChI is InChI=1S/C17H17NO3/c1-12-5-4-6-15(17(19)21-3)16(12)18-11-13-7-9-14(20-2)10-8-13/h4-11H,1-3H3. The van der Waals surface area contributed by atoms with Crippen molar-refractivity contribution in [3.05, 3.63) is 59.2 Å². The Morgan fingerprint density at radius 3 is 2.43 bits per heavy atom. The number of aliphatic imine (C=N–C) groups is 1. The zero-order valence-electron chi connectivity index (χ0n) is 12.3. The molecule has 0 aliphatic rings. The van der Waals surface area contributed by atoms with Gasteiger partial charge < -0.3 is 9.47 Å². The van der Waals surface area contributed by atoms with Crippen LogP contribution in [0, 0.1) is 6.92 Å². The molecule has 0 fully saturated rings. The second kappa shape index (κ2) is 6.70. The van der Waals surface area contributed by atoms with Crippen LogP contribution in [0.25, 0.3) is 0 Å². The van der Waals surface area contributed by atoms with E-state index in [2.05, 4.69) is 4.99 Å². The lowest BCUT2D eigenvalue weighted by Crippen LogP contribution is -2.02. The molecule has 21 heavy (non-hydrogen) atoms. The molecule has 0 unspecified atom stereocenters. The molecule has 0 amide bonds. The van der Waals surface area contributed by atoms with Crippen LogP contribution in [0.1, 0.15) is 21.5 Å². The summed E-state index contributed by atoms with van der Waals surface area (Å²) in [7, 11) is 2.99. The fraction of sp³-hybridized carbons (Fsp3) is 0.176. The van der Waals surface area contributed by atoms with Crippen molar-refractivity contribution in [3.63, 3.8) is 0 Å². The van der Waals surface area contributed by atoms with Gasteiger partial charge in [0, 0.05) is 6.21 Å². The van der Waals surface area contributed by atoms with Crippen molar-refractivity contribution in [2.24, 2.45) is 4.99 Å². The zero-order chi connectivity index (χ0) is 15.2. The summed E-state index contributed by atoms with van der Waals surface area (Å²) in [6.45, 7) is 1.91. The van der Waals surface area contributed by atoms with Crippen molar-refractivity contribution < 1.29 is 14.3 Å². The zero-order valence-corrected chi connectivity index (χ0v) is 12.3. The Morgan fingerprint density at radius 1 is 1.10 bits per heavy atom. The molecule has 0 bridgehead atoms. The number of carbonyl (C=O) groups excluding carboxylic acids is 1. The largest absolute Gasteiger partial charge is 0.497 e. The van der Waals surface area contributed by atoms with E-state index in [4.69, 9.17) is 9.47 Å². The minimum absolute atomic E-state index is 0.388. The number of para-hydroxylation sites is 1. The third-order valence-electron chi connectivity index (χ3n) is 3.10. The summed E-state index contributed by atoms with van der Waals surface area (Å²) >= 11 is 0. The first-order valence-electron chi connectivity index (χ1n) is 6.51. The number of hydrogen-bond acceptors (Lipinski definition) is 4. The summed E-state index contributed by atoms with van der Waals surface area (Å²) in [5.41, 5.74) is 2.93. The normalized spacial score (nSPS) is 10.6. The summed E-state index contributed by atoms with van der Waals surface area (Å²) < 4.78 is 9.90. The van der Waals surface area contributed by atoms with Gasteiger partial charge in [0.05, 0.1) is 25.5 Å². The van der Waals surface area contributed by atoms with Crippen molar-refractivity contribution >= 4 is 17.9 Å². The van der Waals surface area contributed by atoms with Crippen molar-refractivity contribution in [1.29, 1.82) is 0 Å². The third kappa shape index (κ3) is 3.48. The predicted molar refractivity (Wildman–Crippen MR) is 82.8 cm³/mol. The molecule has 2 aromatic carbocycles. The molecule has 0 heterocycles. The topological polar surface area (TPSA) is 47.9 Å². The minimum atomic E-state index is -0.388. The van der Waals surface area contributed by atoms with Crippen molar-refractivity contribution in [2.45, 2.75) is 6.92 Å². The summed E-state index contributed by atoms with van der Waals surface area (Å²) in [6, 6.07) is 13.0. The molecule has 2 aromatic rings. The van der Waals surface area contributed by atoms with E-state index in [1.807, 2.05) is 43.3 Å². The van der Waals surface area contributed by atoms with Crippen molar-refractivity contribution in [3.8, 4) is 5.75 Å². The number of nitrogens with zero attached hydrogens (tertiary/aromatic N) is 1. The molecule has 0 saturated carbocycles. The van der Waals surface area contributed by atoms with Gasteiger partial charge in [-0.15, -0.1) is 0 Å². The Kier molecular flexibility index (Phi) is 4.72. The number of benzene rings is 2. The monoisotopic (exact) mass is 283 g/mol. The molecular formula is C17H17NO3. The summed E-state index contributed by atoms with van der Waals surface area (Å²) in [6.07, 6.45) is 1.72. The van der Waals surface area contributed by atoms with E-state index in [1.165, 1.54) is 7.11 Å². The van der Waals surface area contributed by atoms with Crippen LogP contribution in [0.3, 0.4) is 0 Å². The number of rotatable bonds is 4. The van der Waals surface area contributed by atoms with Crippen LogP contribution < -0.4 is 4.74 Å². The summed E-state index contributed by atoms with van der Waals surface area (Å²) in [5.74, 6) is 0.402. The number of methoxy groups -OCH3 is 2. The molecule has 4 nitrogen and oxygen atoms in total. The third-order valence-corrected chi connectivity index (χ3v) is 3.10. The van der Waals surface area contributed by atoms with E-state index in [-0.39, 0.29) is 5.97 Å². The van der Waals surface area contributed by atoms with E-state index < -0.39 is 0 Å². The fourth-order valence-electron chi connectivity index (χ4n) is 1.93. The summed E-state index contributed by atoms with van der Waals surface area (Å²) in [5, 5.41) is 0. The lowest BCUT2D eigenvalue weighted by Gasteiger charge is -2.06. The first-order chi connectivity index (χ1) is 10.2. The molecule has 0 atom stereocenters. The Morgan fingerprint density at radius 2 is 1.81 bits per heavy atom. The van der Waals surface area contributed by atoms with Crippen LogP contribution in [0.15, 0.2) is 47.5 Å². The average Bonchev–Trinajstić information content (AvgIpc) is 2.53. The highest BCUT2D eigenvalue weighted by Gasteiger charge is 2.12. The molecule has 0 aliphatic heterocycles. The van der Waals surface area contributed by atoms with Gasteiger partial charge in [0.15, 0.2) is 0 Å². The average molecular weight is 283 g/mol. The Balaban J connectivity index is 2.33. The molecule has 108 valence electrons. The number of esters is 1. The highest BCUT2D eigenvalue weighted by atomic mass is 16.5. The van der Waals surface area contributed by atoms with Crippen molar-refractivity contribution in [1.82, 2.24) is 0 Å². The van der Waals surface area contributed by atoms with Gasteiger partial charge in [-0.3, -0.25) is 4.99 Å². The van der Waals surface area contributed by atoms with Gasteiger partial charge >= 0.3 is 5.97 Å². The van der Waals surface area contributed by atoms with E-state index >= 15 is 0 Å². The maximum atomic E-state index is 11.8. The van der Waals surface area contributed by atoms with Gasteiger partial charge in [-0.25, -0.2) is 4.79 Å². The Bertz CT molecular complexity index is 660. The van der Waals surface area contributed by atoms with Crippen LogP contribution in [-0.4, -0.2) is 26.4 Å². The Labute approximate surface area is 124 Å². The maximum Gasteiger partial charge on any atom is 0.340 e. The van der Waals surface area contributed by atoms with Crippen LogP contribution in [0.4, 0.5) is 5.69 Å². The van der Waals surface area contributed by atoms with Crippen LogP contribution >= 0.6 is 0 Å². The molecule has 0 spiro atoms. The summed E-state index contributed by atoms with van der Waals surface area (Å²) in [4.78, 5) is 16.2. The van der Waals surface area contributed by atoms with Gasteiger partial charge in [0.1, 0.15) is 5.75 Å². The lowest BCUT2D eigenvalue weighted by atomic mass is 10.1. The van der Waals surface area contributed by atoms with E-state index in [0.29, 0.717) is 11.3 Å². The second-order valence-electron chi connectivity index (χ2n) is 4.49. The quantitative estimate of drug-likeness (QED) is 0.637. The first-order valence-corrected chi connectivity index (χ1v) is 6.51. The van der Waals surface area contributed by atoms with E-state index in [0.717, 1.165) is 16.9 Å². The molecule has 0 aliphatic carbocycles.